The van der Waals surface area contributed by atoms with Gasteiger partial charge in [0.2, 0.25) is 6.29 Å². The van der Waals surface area contributed by atoms with Gasteiger partial charge in [-0.05, 0) is 0 Å². The summed E-state index contributed by atoms with van der Waals surface area (Å²) in [6.07, 6.45) is -14.2. The largest absolute Gasteiger partial charge is 0.399 e. The third kappa shape index (κ3) is 11.4. The Morgan fingerprint density at radius 3 is 1.28 bits per heavy atom. The quantitative estimate of drug-likeness (QED) is 0.145. The molecule has 1 aliphatic heterocycles. The van der Waals surface area contributed by atoms with Crippen LogP contribution in [0.5, 0.6) is 0 Å². The van der Waals surface area contributed by atoms with Gasteiger partial charge in [0.05, 0.1) is 6.61 Å². The molecule has 0 amide bonds. The van der Waals surface area contributed by atoms with Crippen molar-refractivity contribution in [2.24, 2.45) is 0 Å². The number of hydrogen-bond donors (Lipinski definition) is 5. The average molecular weight is 580 g/mol. The van der Waals surface area contributed by atoms with Crippen molar-refractivity contribution in [3.8, 4) is 0 Å². The van der Waals surface area contributed by atoms with Crippen molar-refractivity contribution >= 4 is 52.0 Å². The van der Waals surface area contributed by atoms with Crippen LogP contribution in [0.4, 0.5) is 0 Å². The molecule has 1 aliphatic rings. The maximum Gasteiger partial charge on any atom is 0.399 e. The van der Waals surface area contributed by atoms with Gasteiger partial charge in [0, 0.05) is 0 Å². The molecule has 5 atom stereocenters. The minimum Gasteiger partial charge on any atom is -0.340 e. The lowest BCUT2D eigenvalue weighted by Gasteiger charge is -2.42. The van der Waals surface area contributed by atoms with Crippen molar-refractivity contribution < 1.29 is 90.5 Å². The minimum atomic E-state index is -5.78. The molecule has 0 saturated carbocycles. The van der Waals surface area contributed by atoms with Crippen molar-refractivity contribution in [1.29, 1.82) is 0 Å². The highest BCUT2D eigenvalue weighted by Crippen LogP contribution is 2.32. The fraction of sp³-hybridized carbons (Fsp3) is 1.00. The molecular weight excluding hydrogens is 568 g/mol. The molecule has 0 aliphatic carbocycles. The van der Waals surface area contributed by atoms with Gasteiger partial charge in [0.25, 0.3) is 0 Å². The van der Waals surface area contributed by atoms with Gasteiger partial charge in [0.1, 0.15) is 18.3 Å². The van der Waals surface area contributed by atoms with Gasteiger partial charge in [-0.15, -0.1) is 0 Å². The lowest BCUT2D eigenvalue weighted by Crippen LogP contribution is -2.63. The van der Waals surface area contributed by atoms with Crippen molar-refractivity contribution in [2.75, 3.05) is 6.61 Å². The van der Waals surface area contributed by atoms with Gasteiger partial charge >= 0.3 is 52.0 Å². The van der Waals surface area contributed by atoms with E-state index in [1.807, 2.05) is 0 Å². The summed E-state index contributed by atoms with van der Waals surface area (Å²) in [4.78, 5) is 0. The SMILES string of the molecule is O=S(=O)(O)OC[C@H]1O[C@H](OS(=O)(=O)O)[C@H](OS(=O)(=O)O)[C@@H](OS(=O)(=O)O)[C@@H]1OS(=O)(=O)O. The molecule has 0 aromatic carbocycles. The van der Waals surface area contributed by atoms with Crippen LogP contribution in [0.1, 0.15) is 0 Å². The molecule has 5 N–H and O–H groups in total. The molecule has 0 spiro atoms. The summed E-state index contributed by atoms with van der Waals surface area (Å²) < 4.78 is 178. The van der Waals surface area contributed by atoms with E-state index in [0.29, 0.717) is 0 Å². The van der Waals surface area contributed by atoms with Gasteiger partial charge in [-0.3, -0.25) is 22.8 Å². The second kappa shape index (κ2) is 9.89. The van der Waals surface area contributed by atoms with Crippen molar-refractivity contribution in [3.05, 3.63) is 0 Å². The van der Waals surface area contributed by atoms with Crippen LogP contribution in [0.3, 0.4) is 0 Å². The first-order valence-corrected chi connectivity index (χ1v) is 13.7. The summed E-state index contributed by atoms with van der Waals surface area (Å²) in [5, 5.41) is 0. The molecule has 0 aromatic rings. The van der Waals surface area contributed by atoms with Crippen LogP contribution in [-0.4, -0.2) is 102 Å². The van der Waals surface area contributed by atoms with Crippen LogP contribution in [0.25, 0.3) is 0 Å². The minimum absolute atomic E-state index is 1.62. The van der Waals surface area contributed by atoms with Crippen LogP contribution in [-0.2, 0) is 77.6 Å². The Morgan fingerprint density at radius 2 is 0.906 bits per heavy atom. The Hall–Kier alpha value is -0.690. The molecule has 1 saturated heterocycles. The van der Waals surface area contributed by atoms with E-state index in [0.717, 1.165) is 0 Å². The highest BCUT2D eigenvalue weighted by Gasteiger charge is 2.55. The zero-order valence-corrected chi connectivity index (χ0v) is 18.5. The van der Waals surface area contributed by atoms with E-state index >= 15 is 0 Å². The van der Waals surface area contributed by atoms with Gasteiger partial charge in [-0.1, -0.05) is 0 Å². The predicted molar refractivity (Wildman–Crippen MR) is 88.1 cm³/mol. The first-order chi connectivity index (χ1) is 14.0. The van der Waals surface area contributed by atoms with E-state index in [1.54, 1.807) is 0 Å². The van der Waals surface area contributed by atoms with E-state index in [-0.39, 0.29) is 0 Å². The summed E-state index contributed by atoms with van der Waals surface area (Å²) in [6.45, 7) is -1.62. The molecule has 26 heteroatoms. The second-order valence-electron chi connectivity index (χ2n) is 5.24. The molecule has 0 bridgehead atoms. The van der Waals surface area contributed by atoms with Gasteiger partial charge in [-0.2, -0.15) is 42.1 Å². The second-order valence-corrected chi connectivity index (χ2v) is 10.5. The van der Waals surface area contributed by atoms with Crippen LogP contribution in [0.15, 0.2) is 0 Å². The summed E-state index contributed by atoms with van der Waals surface area (Å²) >= 11 is 0. The fourth-order valence-corrected chi connectivity index (χ4v) is 4.31. The Labute approximate surface area is 179 Å². The summed E-state index contributed by atoms with van der Waals surface area (Å²) in [5.41, 5.74) is 0. The molecular formula is C6H12O21S5. The Morgan fingerprint density at radius 1 is 0.531 bits per heavy atom. The average Bonchev–Trinajstić information content (AvgIpc) is 2.45. The van der Waals surface area contributed by atoms with E-state index in [9.17, 15) is 42.1 Å². The molecule has 21 nitrogen and oxygen atoms in total. The summed E-state index contributed by atoms with van der Waals surface area (Å²) in [5.74, 6) is 0. The fourth-order valence-electron chi connectivity index (χ4n) is 2.11. The molecule has 0 unspecified atom stereocenters. The smallest absolute Gasteiger partial charge is 0.340 e. The van der Waals surface area contributed by atoms with Crippen LogP contribution < -0.4 is 0 Å². The van der Waals surface area contributed by atoms with Gasteiger partial charge in [0.15, 0.2) is 6.10 Å². The zero-order valence-electron chi connectivity index (χ0n) is 14.4. The Bertz CT molecular complexity index is 1190. The van der Waals surface area contributed by atoms with Crippen LogP contribution in [0, 0.1) is 0 Å². The van der Waals surface area contributed by atoms with Crippen molar-refractivity contribution in [3.63, 3.8) is 0 Å². The third-order valence-corrected chi connectivity index (χ3v) is 5.15. The van der Waals surface area contributed by atoms with E-state index in [1.165, 1.54) is 0 Å². The highest BCUT2D eigenvalue weighted by atomic mass is 32.3. The highest BCUT2D eigenvalue weighted by molar-refractivity contribution is 7.82. The molecule has 0 radical (unpaired) electrons. The first-order valence-electron chi connectivity index (χ1n) is 6.86. The molecule has 1 fully saturated rings. The van der Waals surface area contributed by atoms with Gasteiger partial charge < -0.3 is 4.74 Å². The first kappa shape index (κ1) is 29.3. The lowest BCUT2D eigenvalue weighted by atomic mass is 9.99. The normalized spacial score (nSPS) is 28.5. The Balaban J connectivity index is 3.67. The van der Waals surface area contributed by atoms with E-state index in [2.05, 4.69) is 25.7 Å². The maximum atomic E-state index is 11.1. The molecule has 1 heterocycles. The molecule has 0 aromatic heterocycles. The standard InChI is InChI=1S/C6H12O21S5/c7-28(8,9)22-1-2-3(24-29(10,11)12)4(25-30(13,14)15)5(26-31(16,17)18)6(23-2)27-32(19,20)21/h2-6H,1H2,(H,7,8,9)(H,10,11,12)(H,13,14,15)(H,16,17,18)(H,19,20,21)/t2-,3-,4+,5-,6-/m1/s1. The summed E-state index contributed by atoms with van der Waals surface area (Å²) in [7, 11) is -28.3. The number of hydrogen-bond acceptors (Lipinski definition) is 16. The monoisotopic (exact) mass is 580 g/mol. The third-order valence-electron chi connectivity index (χ3n) is 2.89. The lowest BCUT2D eigenvalue weighted by molar-refractivity contribution is -0.261. The molecule has 32 heavy (non-hydrogen) atoms. The maximum absolute atomic E-state index is 11.1. The van der Waals surface area contributed by atoms with Crippen LogP contribution >= 0.6 is 0 Å². The van der Waals surface area contributed by atoms with Crippen LogP contribution in [0.2, 0.25) is 0 Å². The topological polar surface area (TPSA) is 327 Å². The number of ether oxygens (including phenoxy) is 1. The van der Waals surface area contributed by atoms with Crippen molar-refractivity contribution in [1.82, 2.24) is 0 Å². The molecule has 192 valence electrons. The van der Waals surface area contributed by atoms with E-state index in [4.69, 9.17) is 22.8 Å². The zero-order chi connectivity index (χ0) is 25.3. The van der Waals surface area contributed by atoms with Crippen molar-refractivity contribution in [2.45, 2.75) is 30.7 Å². The van der Waals surface area contributed by atoms with E-state index < -0.39 is 89.3 Å². The Kier molecular flexibility index (Phi) is 9.07. The summed E-state index contributed by atoms with van der Waals surface area (Å²) in [6, 6.07) is 0. The number of rotatable bonds is 11. The van der Waals surface area contributed by atoms with Gasteiger partial charge in [-0.25, -0.2) is 20.9 Å². The predicted octanol–water partition coefficient (Wildman–Crippen LogP) is -4.09. The molecule has 1 rings (SSSR count).